The maximum atomic E-state index is 12.3. The number of alkyl carbamates (subject to hydrolysis) is 1. The summed E-state index contributed by atoms with van der Waals surface area (Å²) in [5.74, 6) is 0.0609. The first kappa shape index (κ1) is 21.7. The molecule has 0 saturated heterocycles. The van der Waals surface area contributed by atoms with Crippen LogP contribution in [0.2, 0.25) is 0 Å². The van der Waals surface area contributed by atoms with Gasteiger partial charge in [-0.1, -0.05) is 72.8 Å². The highest BCUT2D eigenvalue weighted by molar-refractivity contribution is 5.79. The SMILES string of the molecule is Cc1cc(C)n(-c2cccc(C=CCNC(=O)OCC3c4ccccc4-c4ccccc43)c2)n1. The number of nitrogens with one attached hydrogen (secondary N) is 1. The fourth-order valence-electron chi connectivity index (χ4n) is 4.64. The first-order chi connectivity index (χ1) is 16.6. The van der Waals surface area contributed by atoms with Gasteiger partial charge in [0.15, 0.2) is 0 Å². The number of nitrogens with zero attached hydrogens (tertiary/aromatic N) is 2. The minimum absolute atomic E-state index is 0.0609. The molecule has 1 aliphatic carbocycles. The number of fused-ring (bicyclic) bond motifs is 3. The molecule has 1 N–H and O–H groups in total. The summed E-state index contributed by atoms with van der Waals surface area (Å²) in [4.78, 5) is 12.3. The molecule has 34 heavy (non-hydrogen) atoms. The second-order valence-electron chi connectivity index (χ2n) is 8.54. The van der Waals surface area contributed by atoms with E-state index in [0.29, 0.717) is 13.2 Å². The third-order valence-corrected chi connectivity index (χ3v) is 6.14. The number of benzene rings is 3. The van der Waals surface area contributed by atoms with Crippen LogP contribution in [-0.2, 0) is 4.74 Å². The highest BCUT2D eigenvalue weighted by atomic mass is 16.5. The van der Waals surface area contributed by atoms with E-state index in [0.717, 1.165) is 22.6 Å². The average molecular weight is 450 g/mol. The molecule has 0 spiro atoms. The molecule has 1 aliphatic rings. The maximum Gasteiger partial charge on any atom is 0.407 e. The van der Waals surface area contributed by atoms with Crippen molar-refractivity contribution in [2.75, 3.05) is 13.2 Å². The standard InChI is InChI=1S/C29H27N3O2/c1-20-17-21(2)32(31-20)23-11-7-9-22(18-23)10-8-16-30-29(33)34-19-28-26-14-5-3-12-24(26)25-13-4-6-15-27(25)28/h3-15,17-18,28H,16,19H2,1-2H3,(H,30,33). The van der Waals surface area contributed by atoms with Crippen molar-refractivity contribution in [2.45, 2.75) is 19.8 Å². The predicted octanol–water partition coefficient (Wildman–Crippen LogP) is 6.04. The number of amides is 1. The molecule has 170 valence electrons. The second kappa shape index (κ2) is 9.40. The van der Waals surface area contributed by atoms with Crippen LogP contribution in [0.5, 0.6) is 0 Å². The lowest BCUT2D eigenvalue weighted by atomic mass is 9.98. The van der Waals surface area contributed by atoms with Crippen molar-refractivity contribution in [1.29, 1.82) is 0 Å². The molecule has 5 rings (SSSR count). The van der Waals surface area contributed by atoms with Crippen LogP contribution in [0.15, 0.2) is 84.9 Å². The predicted molar refractivity (Wildman–Crippen MR) is 135 cm³/mol. The van der Waals surface area contributed by atoms with Crippen molar-refractivity contribution in [1.82, 2.24) is 15.1 Å². The summed E-state index contributed by atoms with van der Waals surface area (Å²) in [6.07, 6.45) is 3.49. The minimum Gasteiger partial charge on any atom is -0.449 e. The molecular formula is C29H27N3O2. The van der Waals surface area contributed by atoms with Crippen LogP contribution < -0.4 is 5.32 Å². The Labute approximate surface area is 199 Å². The van der Waals surface area contributed by atoms with Gasteiger partial charge in [0.1, 0.15) is 6.61 Å². The van der Waals surface area contributed by atoms with Crippen molar-refractivity contribution in [3.8, 4) is 16.8 Å². The van der Waals surface area contributed by atoms with Crippen molar-refractivity contribution in [3.63, 3.8) is 0 Å². The molecule has 1 heterocycles. The molecule has 0 fully saturated rings. The van der Waals surface area contributed by atoms with E-state index in [9.17, 15) is 4.79 Å². The van der Waals surface area contributed by atoms with Gasteiger partial charge in [-0.05, 0) is 59.9 Å². The average Bonchev–Trinajstić information content (AvgIpc) is 3.37. The first-order valence-electron chi connectivity index (χ1n) is 11.5. The Morgan fingerprint density at radius 2 is 1.68 bits per heavy atom. The van der Waals surface area contributed by atoms with Gasteiger partial charge in [0.05, 0.1) is 11.4 Å². The Hall–Kier alpha value is -4.12. The number of hydrogen-bond acceptors (Lipinski definition) is 3. The van der Waals surface area contributed by atoms with Gasteiger partial charge in [-0.3, -0.25) is 0 Å². The topological polar surface area (TPSA) is 56.2 Å². The molecule has 0 unspecified atom stereocenters. The second-order valence-corrected chi connectivity index (χ2v) is 8.54. The van der Waals surface area contributed by atoms with E-state index in [-0.39, 0.29) is 5.92 Å². The van der Waals surface area contributed by atoms with Crippen LogP contribution in [0.4, 0.5) is 4.79 Å². The number of carbonyl (C=O) groups is 1. The molecule has 0 saturated carbocycles. The summed E-state index contributed by atoms with van der Waals surface area (Å²) in [5.41, 5.74) is 8.99. The van der Waals surface area contributed by atoms with Crippen molar-refractivity contribution < 1.29 is 9.53 Å². The molecule has 0 radical (unpaired) electrons. The maximum absolute atomic E-state index is 12.3. The molecule has 1 amide bonds. The van der Waals surface area contributed by atoms with Gasteiger partial charge < -0.3 is 10.1 Å². The Morgan fingerprint density at radius 3 is 2.35 bits per heavy atom. The smallest absolute Gasteiger partial charge is 0.407 e. The van der Waals surface area contributed by atoms with Gasteiger partial charge in [0.25, 0.3) is 0 Å². The summed E-state index contributed by atoms with van der Waals surface area (Å²) in [5, 5.41) is 7.36. The highest BCUT2D eigenvalue weighted by Crippen LogP contribution is 2.44. The van der Waals surface area contributed by atoms with E-state index in [1.807, 2.05) is 73.1 Å². The quantitative estimate of drug-likeness (QED) is 0.390. The molecule has 4 aromatic rings. The van der Waals surface area contributed by atoms with Crippen molar-refractivity contribution in [3.05, 3.63) is 113 Å². The number of aryl methyl sites for hydroxylation is 2. The van der Waals surface area contributed by atoms with Gasteiger partial charge in [0, 0.05) is 18.2 Å². The Balaban J connectivity index is 1.17. The lowest BCUT2D eigenvalue weighted by Gasteiger charge is -2.14. The normalized spacial score (nSPS) is 12.5. The van der Waals surface area contributed by atoms with E-state index >= 15 is 0 Å². The largest absolute Gasteiger partial charge is 0.449 e. The van der Waals surface area contributed by atoms with E-state index in [1.54, 1.807) is 0 Å². The molecule has 1 aromatic heterocycles. The van der Waals surface area contributed by atoms with Crippen molar-refractivity contribution in [2.24, 2.45) is 0 Å². The molecule has 3 aromatic carbocycles. The zero-order valence-electron chi connectivity index (χ0n) is 19.4. The minimum atomic E-state index is -0.414. The molecule has 5 nitrogen and oxygen atoms in total. The molecule has 0 bridgehead atoms. The Morgan fingerprint density at radius 1 is 0.971 bits per heavy atom. The van der Waals surface area contributed by atoms with Gasteiger partial charge in [-0.25, -0.2) is 9.48 Å². The number of rotatable bonds is 6. The van der Waals surface area contributed by atoms with E-state index < -0.39 is 6.09 Å². The first-order valence-corrected chi connectivity index (χ1v) is 11.5. The van der Waals surface area contributed by atoms with E-state index in [1.165, 1.54) is 22.3 Å². The van der Waals surface area contributed by atoms with Crippen molar-refractivity contribution >= 4 is 12.2 Å². The third kappa shape index (κ3) is 4.37. The number of carbonyl (C=O) groups excluding carboxylic acids is 1. The fourth-order valence-corrected chi connectivity index (χ4v) is 4.64. The van der Waals surface area contributed by atoms with Crippen LogP contribution in [-0.4, -0.2) is 29.0 Å². The van der Waals surface area contributed by atoms with Gasteiger partial charge in [-0.2, -0.15) is 5.10 Å². The summed E-state index contributed by atoms with van der Waals surface area (Å²) in [7, 11) is 0. The van der Waals surface area contributed by atoms with Gasteiger partial charge >= 0.3 is 6.09 Å². The lowest BCUT2D eigenvalue weighted by molar-refractivity contribution is 0.144. The fraction of sp³-hybridized carbons (Fsp3) is 0.172. The van der Waals surface area contributed by atoms with E-state index in [2.05, 4.69) is 46.8 Å². The molecule has 0 aliphatic heterocycles. The number of aromatic nitrogens is 2. The molecule has 5 heteroatoms. The monoisotopic (exact) mass is 449 g/mol. The zero-order chi connectivity index (χ0) is 23.5. The Kier molecular flexibility index (Phi) is 6.00. The Bertz CT molecular complexity index is 1320. The van der Waals surface area contributed by atoms with E-state index in [4.69, 9.17) is 4.74 Å². The van der Waals surface area contributed by atoms with Gasteiger partial charge in [0.2, 0.25) is 0 Å². The highest BCUT2D eigenvalue weighted by Gasteiger charge is 2.28. The summed E-state index contributed by atoms with van der Waals surface area (Å²) in [6, 6.07) is 26.8. The van der Waals surface area contributed by atoms with Crippen LogP contribution >= 0.6 is 0 Å². The summed E-state index contributed by atoms with van der Waals surface area (Å²) >= 11 is 0. The van der Waals surface area contributed by atoms with Crippen LogP contribution in [0, 0.1) is 13.8 Å². The molecule has 0 atom stereocenters. The third-order valence-electron chi connectivity index (χ3n) is 6.14. The van der Waals surface area contributed by atoms with Crippen LogP contribution in [0.1, 0.15) is 34.0 Å². The number of ether oxygens (including phenoxy) is 1. The summed E-state index contributed by atoms with van der Waals surface area (Å²) < 4.78 is 7.52. The molecular weight excluding hydrogens is 422 g/mol. The van der Waals surface area contributed by atoms with Crippen LogP contribution in [0.25, 0.3) is 22.9 Å². The zero-order valence-corrected chi connectivity index (χ0v) is 19.4. The van der Waals surface area contributed by atoms with Crippen LogP contribution in [0.3, 0.4) is 0 Å². The summed E-state index contributed by atoms with van der Waals surface area (Å²) in [6.45, 7) is 4.73. The number of hydrogen-bond donors (Lipinski definition) is 1. The lowest BCUT2D eigenvalue weighted by Crippen LogP contribution is -2.26. The van der Waals surface area contributed by atoms with Gasteiger partial charge in [-0.15, -0.1) is 0 Å².